The number of aromatic amines is 1. The maximum absolute atomic E-state index is 10.4. The summed E-state index contributed by atoms with van der Waals surface area (Å²) in [7, 11) is 0. The lowest BCUT2D eigenvalue weighted by Crippen LogP contribution is -2.28. The number of hydrogen-bond acceptors (Lipinski definition) is 3. The number of nitrogens with zero attached hydrogens (tertiary/aromatic N) is 2. The van der Waals surface area contributed by atoms with E-state index >= 15 is 0 Å². The van der Waals surface area contributed by atoms with E-state index in [0.717, 1.165) is 15.9 Å². The lowest BCUT2D eigenvalue weighted by molar-refractivity contribution is -0.107. The minimum Gasteiger partial charge on any atom is -0.277 e. The van der Waals surface area contributed by atoms with Gasteiger partial charge < -0.3 is 0 Å². The van der Waals surface area contributed by atoms with E-state index in [9.17, 15) is 4.79 Å². The van der Waals surface area contributed by atoms with Crippen molar-refractivity contribution in [3.63, 3.8) is 0 Å². The van der Waals surface area contributed by atoms with Gasteiger partial charge in [0.05, 0.1) is 22.4 Å². The summed E-state index contributed by atoms with van der Waals surface area (Å²) in [5, 5.41) is 8.82. The Bertz CT molecular complexity index is 481. The molecule has 72 valence electrons. The van der Waals surface area contributed by atoms with Crippen LogP contribution in [0.5, 0.6) is 0 Å². The Kier molecular flexibility index (Phi) is 2.11. The van der Waals surface area contributed by atoms with Gasteiger partial charge in [0.15, 0.2) is 0 Å². The molecule has 5 nitrogen and oxygen atoms in total. The van der Waals surface area contributed by atoms with Gasteiger partial charge in [0, 0.05) is 5.39 Å². The van der Waals surface area contributed by atoms with Crippen molar-refractivity contribution in [2.75, 3.05) is 5.01 Å². The Morgan fingerprint density at radius 1 is 1.57 bits per heavy atom. The van der Waals surface area contributed by atoms with Gasteiger partial charge in [0.25, 0.3) is 0 Å². The van der Waals surface area contributed by atoms with E-state index in [2.05, 4.69) is 10.2 Å². The number of carbonyl (C=O) groups is 1. The summed E-state index contributed by atoms with van der Waals surface area (Å²) in [6.07, 6.45) is 2.13. The normalized spacial score (nSPS) is 10.4. The monoisotopic (exact) mass is 210 g/mol. The first-order valence-corrected chi connectivity index (χ1v) is 4.22. The highest BCUT2D eigenvalue weighted by Gasteiger charge is 2.06. The first kappa shape index (κ1) is 8.98. The SMILES string of the molecule is NN(C=O)c1cc(Cl)c2[nH]ncc2c1. The lowest BCUT2D eigenvalue weighted by atomic mass is 10.2. The number of benzene rings is 1. The first-order chi connectivity index (χ1) is 6.72. The molecule has 0 saturated carbocycles. The number of anilines is 1. The molecule has 0 bridgehead atoms. The van der Waals surface area contributed by atoms with Gasteiger partial charge >= 0.3 is 0 Å². The van der Waals surface area contributed by atoms with E-state index in [1.165, 1.54) is 0 Å². The summed E-state index contributed by atoms with van der Waals surface area (Å²) in [5.74, 6) is 5.40. The van der Waals surface area contributed by atoms with Crippen LogP contribution >= 0.6 is 11.6 Å². The molecule has 0 unspecified atom stereocenters. The number of fused-ring (bicyclic) bond motifs is 1. The van der Waals surface area contributed by atoms with E-state index in [1.807, 2.05) is 0 Å². The van der Waals surface area contributed by atoms with Crippen LogP contribution in [0, 0.1) is 0 Å². The minimum absolute atomic E-state index is 0.479. The highest BCUT2D eigenvalue weighted by Crippen LogP contribution is 2.26. The fraction of sp³-hybridized carbons (Fsp3) is 0. The summed E-state index contributed by atoms with van der Waals surface area (Å²) in [4.78, 5) is 10.4. The van der Waals surface area contributed by atoms with Crippen molar-refractivity contribution >= 4 is 34.6 Å². The van der Waals surface area contributed by atoms with Crippen molar-refractivity contribution in [3.8, 4) is 0 Å². The molecule has 0 aliphatic carbocycles. The standard InChI is InChI=1S/C8H7ClN4O/c9-7-2-6(13(10)4-14)1-5-3-11-12-8(5)7/h1-4H,10H2,(H,11,12). The van der Waals surface area contributed by atoms with Crippen LogP contribution in [0.1, 0.15) is 0 Å². The van der Waals surface area contributed by atoms with Gasteiger partial charge in [-0.2, -0.15) is 5.10 Å². The van der Waals surface area contributed by atoms with Crippen LogP contribution in [-0.2, 0) is 4.79 Å². The Balaban J connectivity index is 2.63. The second kappa shape index (κ2) is 3.28. The smallest absolute Gasteiger partial charge is 0.228 e. The molecule has 1 aromatic heterocycles. The third-order valence-corrected chi connectivity index (χ3v) is 2.20. The van der Waals surface area contributed by atoms with Crippen LogP contribution in [0.25, 0.3) is 10.9 Å². The van der Waals surface area contributed by atoms with Crippen molar-refractivity contribution in [3.05, 3.63) is 23.4 Å². The fourth-order valence-corrected chi connectivity index (χ4v) is 1.47. The van der Waals surface area contributed by atoms with Crippen LogP contribution in [0.2, 0.25) is 5.02 Å². The van der Waals surface area contributed by atoms with Crippen LogP contribution < -0.4 is 10.9 Å². The number of nitrogens with one attached hydrogen (secondary N) is 1. The van der Waals surface area contributed by atoms with E-state index < -0.39 is 0 Å². The average Bonchev–Trinajstić information content (AvgIpc) is 2.64. The van der Waals surface area contributed by atoms with Crippen LogP contribution in [0.3, 0.4) is 0 Å². The molecule has 0 saturated heterocycles. The Morgan fingerprint density at radius 3 is 3.07 bits per heavy atom. The molecular formula is C8H7ClN4O. The van der Waals surface area contributed by atoms with Crippen molar-refractivity contribution < 1.29 is 4.79 Å². The predicted molar refractivity (Wildman–Crippen MR) is 53.8 cm³/mol. The van der Waals surface area contributed by atoms with Gasteiger partial charge in [-0.05, 0) is 12.1 Å². The number of halogens is 1. The molecule has 1 heterocycles. The van der Waals surface area contributed by atoms with Gasteiger partial charge in [-0.25, -0.2) is 5.84 Å². The summed E-state index contributed by atoms with van der Waals surface area (Å²) in [6, 6.07) is 3.32. The van der Waals surface area contributed by atoms with Crippen LogP contribution in [0.4, 0.5) is 5.69 Å². The maximum Gasteiger partial charge on any atom is 0.228 e. The van der Waals surface area contributed by atoms with E-state index in [0.29, 0.717) is 17.1 Å². The number of nitrogens with two attached hydrogens (primary N) is 1. The second-order valence-corrected chi connectivity index (χ2v) is 3.18. The molecule has 0 aliphatic rings. The van der Waals surface area contributed by atoms with Gasteiger partial charge in [0.1, 0.15) is 0 Å². The van der Waals surface area contributed by atoms with Gasteiger partial charge in [-0.15, -0.1) is 0 Å². The zero-order valence-electron chi connectivity index (χ0n) is 7.07. The molecule has 0 radical (unpaired) electrons. The number of rotatable bonds is 2. The highest BCUT2D eigenvalue weighted by atomic mass is 35.5. The lowest BCUT2D eigenvalue weighted by Gasteiger charge is -2.10. The fourth-order valence-electron chi connectivity index (χ4n) is 1.21. The van der Waals surface area contributed by atoms with Crippen LogP contribution in [0.15, 0.2) is 18.3 Å². The Hall–Kier alpha value is -1.59. The van der Waals surface area contributed by atoms with E-state index in [1.54, 1.807) is 18.3 Å². The number of hydrogen-bond donors (Lipinski definition) is 2. The van der Waals surface area contributed by atoms with Gasteiger partial charge in [-0.1, -0.05) is 11.6 Å². The van der Waals surface area contributed by atoms with Crippen molar-refractivity contribution in [2.24, 2.45) is 5.84 Å². The van der Waals surface area contributed by atoms with Gasteiger partial charge in [-0.3, -0.25) is 14.9 Å². The largest absolute Gasteiger partial charge is 0.277 e. The number of hydrazine groups is 1. The first-order valence-electron chi connectivity index (χ1n) is 3.84. The maximum atomic E-state index is 10.4. The van der Waals surface area contributed by atoms with Gasteiger partial charge in [0.2, 0.25) is 6.41 Å². The topological polar surface area (TPSA) is 75.0 Å². The molecule has 3 N–H and O–H groups in total. The third kappa shape index (κ3) is 1.32. The summed E-state index contributed by atoms with van der Waals surface area (Å²) in [6.45, 7) is 0. The Morgan fingerprint density at radius 2 is 2.36 bits per heavy atom. The Labute approximate surface area is 84.4 Å². The zero-order valence-corrected chi connectivity index (χ0v) is 7.82. The number of amides is 1. The molecule has 0 fully saturated rings. The summed E-state index contributed by atoms with van der Waals surface area (Å²) < 4.78 is 0. The predicted octanol–water partition coefficient (Wildman–Crippen LogP) is 1.05. The number of aromatic nitrogens is 2. The average molecular weight is 211 g/mol. The zero-order chi connectivity index (χ0) is 10.1. The molecule has 1 aromatic carbocycles. The molecule has 6 heteroatoms. The molecule has 0 atom stereocenters. The summed E-state index contributed by atoms with van der Waals surface area (Å²) >= 11 is 5.94. The van der Waals surface area contributed by atoms with E-state index in [4.69, 9.17) is 17.4 Å². The van der Waals surface area contributed by atoms with Crippen LogP contribution in [-0.4, -0.2) is 16.6 Å². The molecule has 0 aliphatic heterocycles. The molecule has 14 heavy (non-hydrogen) atoms. The third-order valence-electron chi connectivity index (χ3n) is 1.90. The number of carbonyl (C=O) groups excluding carboxylic acids is 1. The molecule has 2 rings (SSSR count). The molecular weight excluding hydrogens is 204 g/mol. The van der Waals surface area contributed by atoms with Crippen molar-refractivity contribution in [1.29, 1.82) is 0 Å². The number of H-pyrrole nitrogens is 1. The second-order valence-electron chi connectivity index (χ2n) is 2.77. The molecule has 0 spiro atoms. The minimum atomic E-state index is 0.479. The summed E-state index contributed by atoms with van der Waals surface area (Å²) in [5.41, 5.74) is 1.26. The quantitative estimate of drug-likeness (QED) is 0.337. The van der Waals surface area contributed by atoms with E-state index in [-0.39, 0.29) is 0 Å². The van der Waals surface area contributed by atoms with Crippen molar-refractivity contribution in [1.82, 2.24) is 10.2 Å². The van der Waals surface area contributed by atoms with Crippen molar-refractivity contribution in [2.45, 2.75) is 0 Å². The highest BCUT2D eigenvalue weighted by molar-refractivity contribution is 6.35. The molecule has 1 amide bonds. The molecule has 2 aromatic rings.